The van der Waals surface area contributed by atoms with Crippen LogP contribution in [0.3, 0.4) is 0 Å². The average molecular weight is 321 g/mol. The lowest BCUT2D eigenvalue weighted by Crippen LogP contribution is -2.03. The van der Waals surface area contributed by atoms with Crippen LogP contribution in [-0.2, 0) is 6.54 Å². The predicted octanol–water partition coefficient (Wildman–Crippen LogP) is 4.90. The van der Waals surface area contributed by atoms with Gasteiger partial charge in [-0.05, 0) is 29.7 Å². The molecule has 1 heterocycles. The molecule has 0 spiro atoms. The Morgan fingerprint density at radius 1 is 1.14 bits per heavy atom. The van der Waals surface area contributed by atoms with Gasteiger partial charge < -0.3 is 4.57 Å². The monoisotopic (exact) mass is 320 g/mol. The first-order chi connectivity index (χ1) is 10.1. The van der Waals surface area contributed by atoms with Crippen molar-refractivity contribution in [1.82, 2.24) is 4.57 Å². The highest BCUT2D eigenvalue weighted by Crippen LogP contribution is 2.29. The molecule has 1 aromatic heterocycles. The number of hydrogen-bond donors (Lipinski definition) is 0. The van der Waals surface area contributed by atoms with E-state index >= 15 is 0 Å². The summed E-state index contributed by atoms with van der Waals surface area (Å²) >= 11 is 12.1. The first kappa shape index (κ1) is 13.9. The molecule has 0 saturated heterocycles. The van der Waals surface area contributed by atoms with Crippen molar-refractivity contribution < 1.29 is 4.92 Å². The summed E-state index contributed by atoms with van der Waals surface area (Å²) in [5, 5.41) is 13.2. The molecule has 0 amide bonds. The lowest BCUT2D eigenvalue weighted by atomic mass is 10.1. The van der Waals surface area contributed by atoms with Crippen LogP contribution in [0.4, 0.5) is 5.69 Å². The van der Waals surface area contributed by atoms with Crippen molar-refractivity contribution in [3.63, 3.8) is 0 Å². The van der Waals surface area contributed by atoms with Crippen molar-refractivity contribution in [3.05, 3.63) is 74.4 Å². The van der Waals surface area contributed by atoms with Crippen LogP contribution in [0, 0.1) is 10.1 Å². The van der Waals surface area contributed by atoms with E-state index in [-0.39, 0.29) is 5.69 Å². The highest BCUT2D eigenvalue weighted by atomic mass is 35.5. The Balaban J connectivity index is 2.11. The highest BCUT2D eigenvalue weighted by molar-refractivity contribution is 6.31. The normalized spacial score (nSPS) is 11.0. The Labute approximate surface area is 130 Å². The van der Waals surface area contributed by atoms with Gasteiger partial charge in [0.2, 0.25) is 0 Å². The molecule has 6 heteroatoms. The van der Waals surface area contributed by atoms with E-state index < -0.39 is 4.92 Å². The fraction of sp³-hybridized carbons (Fsp3) is 0.0667. The van der Waals surface area contributed by atoms with Crippen LogP contribution in [-0.4, -0.2) is 9.49 Å². The molecule has 0 unspecified atom stereocenters. The van der Waals surface area contributed by atoms with E-state index in [0.29, 0.717) is 22.2 Å². The molecule has 0 saturated carbocycles. The van der Waals surface area contributed by atoms with Gasteiger partial charge in [-0.3, -0.25) is 10.1 Å². The quantitative estimate of drug-likeness (QED) is 0.508. The van der Waals surface area contributed by atoms with Gasteiger partial charge in [-0.15, -0.1) is 0 Å². The van der Waals surface area contributed by atoms with Crippen molar-refractivity contribution in [2.75, 3.05) is 0 Å². The molecular weight excluding hydrogens is 311 g/mol. The second-order valence-corrected chi connectivity index (χ2v) is 5.49. The number of halogens is 2. The summed E-state index contributed by atoms with van der Waals surface area (Å²) in [4.78, 5) is 10.7. The smallest absolute Gasteiger partial charge is 0.275 e. The van der Waals surface area contributed by atoms with E-state index in [9.17, 15) is 10.1 Å². The van der Waals surface area contributed by atoms with Gasteiger partial charge in [-0.1, -0.05) is 35.3 Å². The van der Waals surface area contributed by atoms with Crippen LogP contribution < -0.4 is 0 Å². The number of benzene rings is 2. The van der Waals surface area contributed by atoms with E-state index in [2.05, 4.69) is 0 Å². The van der Waals surface area contributed by atoms with Gasteiger partial charge in [0.25, 0.3) is 5.69 Å². The lowest BCUT2D eigenvalue weighted by molar-refractivity contribution is -0.385. The summed E-state index contributed by atoms with van der Waals surface area (Å²) in [6, 6.07) is 12.2. The summed E-state index contributed by atoms with van der Waals surface area (Å²) in [5.41, 5.74) is 1.42. The molecule has 0 aliphatic rings. The predicted molar refractivity (Wildman–Crippen MR) is 84.2 cm³/mol. The van der Waals surface area contributed by atoms with Crippen LogP contribution in [0.5, 0.6) is 0 Å². The highest BCUT2D eigenvalue weighted by Gasteiger charge is 2.17. The van der Waals surface area contributed by atoms with Crippen LogP contribution in [0.15, 0.2) is 48.7 Å². The van der Waals surface area contributed by atoms with E-state index in [1.54, 1.807) is 12.1 Å². The van der Waals surface area contributed by atoms with Crippen molar-refractivity contribution in [2.24, 2.45) is 0 Å². The Hall–Kier alpha value is -2.04. The molecule has 2 aromatic carbocycles. The third kappa shape index (κ3) is 2.60. The molecule has 106 valence electrons. The molecule has 0 radical (unpaired) electrons. The molecule has 3 aromatic rings. The van der Waals surface area contributed by atoms with Gasteiger partial charge in [0, 0.05) is 22.8 Å². The van der Waals surface area contributed by atoms with E-state index in [1.807, 2.05) is 35.0 Å². The molecule has 0 aliphatic carbocycles. The standard InChI is InChI=1S/C15H10Cl2N2O2/c16-11-5-4-10-6-7-18(15(10)8-11)9-12-13(17)2-1-3-14(12)19(20)21/h1-8H,9H2. The molecule has 0 fully saturated rings. The third-order valence-corrected chi connectivity index (χ3v) is 3.94. The maximum absolute atomic E-state index is 11.1. The fourth-order valence-corrected chi connectivity index (χ4v) is 2.74. The van der Waals surface area contributed by atoms with Crippen LogP contribution in [0.25, 0.3) is 10.9 Å². The van der Waals surface area contributed by atoms with Gasteiger partial charge in [-0.2, -0.15) is 0 Å². The first-order valence-electron chi connectivity index (χ1n) is 6.22. The minimum atomic E-state index is -0.417. The Bertz CT molecular complexity index is 843. The molecule has 3 rings (SSSR count). The second-order valence-electron chi connectivity index (χ2n) is 4.64. The number of aromatic nitrogens is 1. The SMILES string of the molecule is O=[N+]([O-])c1cccc(Cl)c1Cn1ccc2ccc(Cl)cc21. The van der Waals surface area contributed by atoms with Crippen LogP contribution >= 0.6 is 23.2 Å². The number of nitro benzene ring substituents is 1. The first-order valence-corrected chi connectivity index (χ1v) is 6.98. The Morgan fingerprint density at radius 3 is 2.71 bits per heavy atom. The van der Waals surface area contributed by atoms with E-state index in [0.717, 1.165) is 10.9 Å². The molecule has 0 N–H and O–H groups in total. The summed E-state index contributed by atoms with van der Waals surface area (Å²) in [6.07, 6.45) is 1.87. The number of nitro groups is 1. The number of hydrogen-bond acceptors (Lipinski definition) is 2. The van der Waals surface area contributed by atoms with E-state index in [1.165, 1.54) is 6.07 Å². The number of nitrogens with zero attached hydrogens (tertiary/aromatic N) is 2. The van der Waals surface area contributed by atoms with Crippen LogP contribution in [0.2, 0.25) is 10.0 Å². The minimum Gasteiger partial charge on any atom is -0.343 e. The van der Waals surface area contributed by atoms with Gasteiger partial charge in [0.15, 0.2) is 0 Å². The molecule has 4 nitrogen and oxygen atoms in total. The fourth-order valence-electron chi connectivity index (χ4n) is 2.34. The maximum atomic E-state index is 11.1. The average Bonchev–Trinajstić information content (AvgIpc) is 2.83. The van der Waals surface area contributed by atoms with Gasteiger partial charge >= 0.3 is 0 Å². The summed E-state index contributed by atoms with van der Waals surface area (Å²) in [5.74, 6) is 0. The zero-order valence-corrected chi connectivity index (χ0v) is 12.3. The van der Waals surface area contributed by atoms with Gasteiger partial charge in [-0.25, -0.2) is 0 Å². The zero-order chi connectivity index (χ0) is 15.0. The number of fused-ring (bicyclic) bond motifs is 1. The van der Waals surface area contributed by atoms with Crippen molar-refractivity contribution >= 4 is 39.8 Å². The third-order valence-electron chi connectivity index (χ3n) is 3.36. The molecule has 0 atom stereocenters. The van der Waals surface area contributed by atoms with Crippen molar-refractivity contribution in [3.8, 4) is 0 Å². The zero-order valence-electron chi connectivity index (χ0n) is 10.8. The van der Waals surface area contributed by atoms with Gasteiger partial charge in [0.05, 0.1) is 22.1 Å². The lowest BCUT2D eigenvalue weighted by Gasteiger charge is -2.08. The summed E-state index contributed by atoms with van der Waals surface area (Å²) < 4.78 is 1.90. The Morgan fingerprint density at radius 2 is 1.95 bits per heavy atom. The Kier molecular flexibility index (Phi) is 3.57. The second kappa shape index (κ2) is 5.39. The number of rotatable bonds is 3. The van der Waals surface area contributed by atoms with E-state index in [4.69, 9.17) is 23.2 Å². The molecule has 21 heavy (non-hydrogen) atoms. The van der Waals surface area contributed by atoms with Crippen molar-refractivity contribution in [1.29, 1.82) is 0 Å². The minimum absolute atomic E-state index is 0.0198. The molecule has 0 aliphatic heterocycles. The molecular formula is C15H10Cl2N2O2. The molecule has 0 bridgehead atoms. The topological polar surface area (TPSA) is 48.1 Å². The van der Waals surface area contributed by atoms with Crippen molar-refractivity contribution in [2.45, 2.75) is 6.54 Å². The summed E-state index contributed by atoms with van der Waals surface area (Å²) in [7, 11) is 0. The van der Waals surface area contributed by atoms with Crippen LogP contribution in [0.1, 0.15) is 5.56 Å². The largest absolute Gasteiger partial charge is 0.343 e. The van der Waals surface area contributed by atoms with Gasteiger partial charge in [0.1, 0.15) is 0 Å². The maximum Gasteiger partial charge on any atom is 0.275 e. The summed E-state index contributed by atoms with van der Waals surface area (Å²) in [6.45, 7) is 0.319.